The van der Waals surface area contributed by atoms with Gasteiger partial charge in [0.05, 0.1) is 11.9 Å². The van der Waals surface area contributed by atoms with Crippen LogP contribution in [0.2, 0.25) is 0 Å². The number of aryl methyl sites for hydroxylation is 1. The molecule has 1 aromatic heterocycles. The predicted octanol–water partition coefficient (Wildman–Crippen LogP) is 3.28. The Labute approximate surface area is 120 Å². The molecule has 0 fully saturated rings. The molecule has 0 bridgehead atoms. The van der Waals surface area contributed by atoms with E-state index in [2.05, 4.69) is 48.3 Å². The molecule has 0 radical (unpaired) electrons. The zero-order valence-corrected chi connectivity index (χ0v) is 12.1. The van der Waals surface area contributed by atoms with Crippen LogP contribution in [0.4, 0.5) is 17.5 Å². The van der Waals surface area contributed by atoms with Crippen molar-refractivity contribution in [3.05, 3.63) is 47.1 Å². The first-order valence-corrected chi connectivity index (χ1v) is 6.56. The van der Waals surface area contributed by atoms with Gasteiger partial charge in [-0.2, -0.15) is 10.1 Å². The maximum absolute atomic E-state index is 4.30. The summed E-state index contributed by atoms with van der Waals surface area (Å²) in [5.41, 5.74) is 2.08. The van der Waals surface area contributed by atoms with E-state index in [1.165, 1.54) is 5.56 Å². The van der Waals surface area contributed by atoms with Crippen molar-refractivity contribution < 1.29 is 0 Å². The molecule has 1 heterocycles. The Hall–Kier alpha value is -1.95. The highest BCUT2D eigenvalue weighted by molar-refractivity contribution is 9.10. The molecule has 0 aliphatic rings. The summed E-state index contributed by atoms with van der Waals surface area (Å²) in [6, 6.07) is 6.00. The molecule has 0 saturated carbocycles. The number of hydrogen-bond acceptors (Lipinski definition) is 5. The van der Waals surface area contributed by atoms with Crippen LogP contribution in [0, 0.1) is 6.92 Å². The second-order valence-electron chi connectivity index (χ2n) is 3.94. The topological polar surface area (TPSA) is 62.7 Å². The van der Waals surface area contributed by atoms with Crippen LogP contribution >= 0.6 is 15.9 Å². The lowest BCUT2D eigenvalue weighted by molar-refractivity contribution is 0.975. The maximum Gasteiger partial charge on any atom is 0.249 e. The Bertz CT molecular complexity index is 585. The fraction of sp³-hybridized carbons (Fsp3) is 0.154. The fourth-order valence-electron chi connectivity index (χ4n) is 1.46. The third-order valence-corrected chi connectivity index (χ3v) is 3.01. The van der Waals surface area contributed by atoms with Gasteiger partial charge in [-0.15, -0.1) is 11.7 Å². The second kappa shape index (κ2) is 6.29. The molecule has 0 aliphatic heterocycles. The highest BCUT2D eigenvalue weighted by Crippen LogP contribution is 2.25. The Balaban J connectivity index is 2.16. The minimum absolute atomic E-state index is 0.443. The van der Waals surface area contributed by atoms with Crippen molar-refractivity contribution in [2.75, 3.05) is 17.2 Å². The van der Waals surface area contributed by atoms with E-state index in [-0.39, 0.29) is 0 Å². The summed E-state index contributed by atoms with van der Waals surface area (Å²) in [7, 11) is 0. The number of nitrogens with zero attached hydrogens (tertiary/aromatic N) is 3. The SMILES string of the molecule is C=CCNc1cnnc(Nc2ccc(C)cc2Br)n1. The minimum atomic E-state index is 0.443. The standard InChI is InChI=1S/C13H14BrN5/c1-3-6-15-12-8-16-19-13(18-12)17-11-5-4-9(2)7-10(11)14/h3-5,7-8H,1,6H2,2H3,(H2,15,17,18,19). The van der Waals surface area contributed by atoms with Crippen LogP contribution < -0.4 is 10.6 Å². The summed E-state index contributed by atoms with van der Waals surface area (Å²) in [6.07, 6.45) is 3.32. The first-order chi connectivity index (χ1) is 9.19. The minimum Gasteiger partial charge on any atom is -0.365 e. The molecule has 98 valence electrons. The fourth-order valence-corrected chi connectivity index (χ4v) is 2.05. The number of benzene rings is 1. The first kappa shape index (κ1) is 13.5. The number of hydrogen-bond donors (Lipinski definition) is 2. The number of rotatable bonds is 5. The van der Waals surface area contributed by atoms with Gasteiger partial charge in [0, 0.05) is 11.0 Å². The van der Waals surface area contributed by atoms with Crippen LogP contribution in [0.3, 0.4) is 0 Å². The van der Waals surface area contributed by atoms with E-state index in [1.807, 2.05) is 25.1 Å². The van der Waals surface area contributed by atoms with Gasteiger partial charge in [-0.3, -0.25) is 0 Å². The van der Waals surface area contributed by atoms with Gasteiger partial charge in [0.2, 0.25) is 5.95 Å². The van der Waals surface area contributed by atoms with Crippen LogP contribution in [-0.2, 0) is 0 Å². The lowest BCUT2D eigenvalue weighted by Gasteiger charge is -2.08. The average molecular weight is 320 g/mol. The quantitative estimate of drug-likeness (QED) is 0.828. The van der Waals surface area contributed by atoms with Crippen molar-refractivity contribution in [3.63, 3.8) is 0 Å². The summed E-state index contributed by atoms with van der Waals surface area (Å²) in [4.78, 5) is 4.30. The van der Waals surface area contributed by atoms with Gasteiger partial charge in [-0.25, -0.2) is 0 Å². The number of aromatic nitrogens is 3. The zero-order chi connectivity index (χ0) is 13.7. The molecule has 2 N–H and O–H groups in total. The summed E-state index contributed by atoms with van der Waals surface area (Å²) in [5, 5.41) is 14.0. The normalized spacial score (nSPS) is 10.0. The molecule has 0 spiro atoms. The van der Waals surface area contributed by atoms with Crippen LogP contribution in [-0.4, -0.2) is 21.7 Å². The lowest BCUT2D eigenvalue weighted by Crippen LogP contribution is -2.05. The molecule has 1 aromatic carbocycles. The molecular weight excluding hydrogens is 306 g/mol. The van der Waals surface area contributed by atoms with E-state index < -0.39 is 0 Å². The Morgan fingerprint density at radius 1 is 1.42 bits per heavy atom. The van der Waals surface area contributed by atoms with Crippen LogP contribution in [0.1, 0.15) is 5.56 Å². The van der Waals surface area contributed by atoms with Gasteiger partial charge >= 0.3 is 0 Å². The summed E-state index contributed by atoms with van der Waals surface area (Å²) in [5.74, 6) is 1.10. The molecule has 0 aliphatic carbocycles. The van der Waals surface area contributed by atoms with Crippen LogP contribution in [0.5, 0.6) is 0 Å². The molecule has 19 heavy (non-hydrogen) atoms. The van der Waals surface area contributed by atoms with Crippen molar-refractivity contribution in [1.29, 1.82) is 0 Å². The Morgan fingerprint density at radius 3 is 3.00 bits per heavy atom. The number of halogens is 1. The predicted molar refractivity (Wildman–Crippen MR) is 80.7 cm³/mol. The zero-order valence-electron chi connectivity index (χ0n) is 10.5. The van der Waals surface area contributed by atoms with Gasteiger partial charge < -0.3 is 10.6 Å². The number of anilines is 3. The van der Waals surface area contributed by atoms with Crippen molar-refractivity contribution in [2.24, 2.45) is 0 Å². The smallest absolute Gasteiger partial charge is 0.249 e. The van der Waals surface area contributed by atoms with Crippen molar-refractivity contribution in [3.8, 4) is 0 Å². The van der Waals surface area contributed by atoms with Gasteiger partial charge in [0.15, 0.2) is 5.82 Å². The summed E-state index contributed by atoms with van der Waals surface area (Å²) >= 11 is 3.50. The van der Waals surface area contributed by atoms with Gasteiger partial charge in [0.25, 0.3) is 0 Å². The maximum atomic E-state index is 4.30. The largest absolute Gasteiger partial charge is 0.365 e. The van der Waals surface area contributed by atoms with Crippen LogP contribution in [0.25, 0.3) is 0 Å². The summed E-state index contributed by atoms with van der Waals surface area (Å²) < 4.78 is 0.959. The van der Waals surface area contributed by atoms with Gasteiger partial charge in [-0.05, 0) is 40.5 Å². The summed E-state index contributed by atoms with van der Waals surface area (Å²) in [6.45, 7) is 6.30. The molecule has 0 saturated heterocycles. The Morgan fingerprint density at radius 2 is 2.26 bits per heavy atom. The van der Waals surface area contributed by atoms with Crippen molar-refractivity contribution >= 4 is 33.4 Å². The van der Waals surface area contributed by atoms with Gasteiger partial charge in [0.1, 0.15) is 0 Å². The van der Waals surface area contributed by atoms with Crippen molar-refractivity contribution in [2.45, 2.75) is 6.92 Å². The number of nitrogens with one attached hydrogen (secondary N) is 2. The molecule has 0 unspecified atom stereocenters. The monoisotopic (exact) mass is 319 g/mol. The first-order valence-electron chi connectivity index (χ1n) is 5.76. The van der Waals surface area contributed by atoms with Crippen molar-refractivity contribution in [1.82, 2.24) is 15.2 Å². The average Bonchev–Trinajstić information content (AvgIpc) is 2.40. The lowest BCUT2D eigenvalue weighted by atomic mass is 10.2. The highest BCUT2D eigenvalue weighted by Gasteiger charge is 2.04. The van der Waals surface area contributed by atoms with Crippen LogP contribution in [0.15, 0.2) is 41.5 Å². The van der Waals surface area contributed by atoms with Gasteiger partial charge in [-0.1, -0.05) is 12.1 Å². The molecule has 2 rings (SSSR count). The molecular formula is C13H14BrN5. The van der Waals surface area contributed by atoms with E-state index in [4.69, 9.17) is 0 Å². The molecule has 6 heteroatoms. The third-order valence-electron chi connectivity index (χ3n) is 2.36. The van der Waals surface area contributed by atoms with E-state index in [1.54, 1.807) is 12.3 Å². The third kappa shape index (κ3) is 3.75. The van der Waals surface area contributed by atoms with E-state index in [0.717, 1.165) is 10.2 Å². The van der Waals surface area contributed by atoms with E-state index in [9.17, 15) is 0 Å². The second-order valence-corrected chi connectivity index (χ2v) is 4.80. The van der Waals surface area contributed by atoms with E-state index >= 15 is 0 Å². The van der Waals surface area contributed by atoms with E-state index in [0.29, 0.717) is 18.3 Å². The molecule has 0 atom stereocenters. The molecule has 0 amide bonds. The molecule has 5 nitrogen and oxygen atoms in total. The molecule has 2 aromatic rings. The Kier molecular flexibility index (Phi) is 4.46. The highest BCUT2D eigenvalue weighted by atomic mass is 79.9.